The second kappa shape index (κ2) is 6.44. The molecule has 4 heterocycles. The van der Waals surface area contributed by atoms with E-state index < -0.39 is 0 Å². The van der Waals surface area contributed by atoms with Crippen LogP contribution in [0.1, 0.15) is 46.1 Å². The average molecular weight is 375 g/mol. The summed E-state index contributed by atoms with van der Waals surface area (Å²) in [5.41, 5.74) is 4.54. The number of amides is 1. The molecule has 1 aliphatic rings. The van der Waals surface area contributed by atoms with Gasteiger partial charge in [0.05, 0.1) is 12.0 Å². The van der Waals surface area contributed by atoms with E-state index in [0.29, 0.717) is 17.9 Å². The lowest BCUT2D eigenvalue weighted by Gasteiger charge is -2.33. The summed E-state index contributed by atoms with van der Waals surface area (Å²) in [5, 5.41) is 5.32. The molecule has 1 saturated heterocycles. The van der Waals surface area contributed by atoms with E-state index in [-0.39, 0.29) is 11.8 Å². The molecule has 1 aromatic carbocycles. The van der Waals surface area contributed by atoms with Crippen molar-refractivity contribution in [1.82, 2.24) is 24.5 Å². The number of hydrogen-bond acceptors (Lipinski definition) is 5. The molecule has 0 radical (unpaired) electrons. The summed E-state index contributed by atoms with van der Waals surface area (Å²) in [7, 11) is 0. The zero-order valence-electron chi connectivity index (χ0n) is 15.9. The van der Waals surface area contributed by atoms with Crippen molar-refractivity contribution in [2.24, 2.45) is 0 Å². The highest BCUT2D eigenvalue weighted by Crippen LogP contribution is 2.29. The first-order valence-corrected chi connectivity index (χ1v) is 9.54. The van der Waals surface area contributed by atoms with Crippen LogP contribution in [0.5, 0.6) is 0 Å². The summed E-state index contributed by atoms with van der Waals surface area (Å²) in [6.45, 7) is 5.39. The first-order chi connectivity index (χ1) is 13.6. The first kappa shape index (κ1) is 16.9. The molecule has 7 nitrogen and oxygen atoms in total. The molecular formula is C21H21N5O2. The molecule has 7 heteroatoms. The van der Waals surface area contributed by atoms with Gasteiger partial charge in [-0.05, 0) is 56.5 Å². The molecule has 0 saturated carbocycles. The number of carbonyl (C=O) groups excluding carboxylic acids is 1. The van der Waals surface area contributed by atoms with E-state index in [9.17, 15) is 4.79 Å². The minimum absolute atomic E-state index is 0.0628. The van der Waals surface area contributed by atoms with E-state index in [2.05, 4.69) is 21.1 Å². The van der Waals surface area contributed by atoms with Gasteiger partial charge in [-0.1, -0.05) is 0 Å². The molecule has 1 atom stereocenters. The van der Waals surface area contributed by atoms with Crippen LogP contribution in [0.25, 0.3) is 16.7 Å². The summed E-state index contributed by atoms with van der Waals surface area (Å²) in [6.07, 6.45) is 5.23. The van der Waals surface area contributed by atoms with Crippen molar-refractivity contribution in [1.29, 1.82) is 0 Å². The highest BCUT2D eigenvalue weighted by Gasteiger charge is 2.28. The predicted octanol–water partition coefficient (Wildman–Crippen LogP) is 3.51. The van der Waals surface area contributed by atoms with E-state index in [4.69, 9.17) is 4.42 Å². The van der Waals surface area contributed by atoms with Crippen LogP contribution in [0.3, 0.4) is 0 Å². The number of rotatable bonds is 2. The van der Waals surface area contributed by atoms with E-state index in [0.717, 1.165) is 47.3 Å². The molecule has 0 unspecified atom stereocenters. The number of aryl methyl sites for hydroxylation is 2. The fourth-order valence-corrected chi connectivity index (χ4v) is 4.12. The number of fused-ring (bicyclic) bond motifs is 2. The van der Waals surface area contributed by atoms with Gasteiger partial charge in [-0.25, -0.2) is 9.50 Å². The van der Waals surface area contributed by atoms with E-state index in [1.165, 1.54) is 6.33 Å². The monoisotopic (exact) mass is 375 g/mol. The molecule has 0 N–H and O–H groups in total. The maximum Gasteiger partial charge on any atom is 0.253 e. The lowest BCUT2D eigenvalue weighted by atomic mass is 9.93. The third-order valence-corrected chi connectivity index (χ3v) is 5.55. The largest absolute Gasteiger partial charge is 0.464 e. The maximum atomic E-state index is 13.2. The van der Waals surface area contributed by atoms with Gasteiger partial charge < -0.3 is 9.32 Å². The van der Waals surface area contributed by atoms with E-state index in [1.54, 1.807) is 10.8 Å². The molecule has 1 fully saturated rings. The van der Waals surface area contributed by atoms with E-state index in [1.807, 2.05) is 36.9 Å². The zero-order chi connectivity index (χ0) is 19.3. The van der Waals surface area contributed by atoms with Gasteiger partial charge in [0.25, 0.3) is 11.7 Å². The number of likely N-dealkylation sites (tertiary alicyclic amines) is 1. The summed E-state index contributed by atoms with van der Waals surface area (Å²) in [6, 6.07) is 7.72. The highest BCUT2D eigenvalue weighted by atomic mass is 16.3. The lowest BCUT2D eigenvalue weighted by Crippen LogP contribution is -2.39. The van der Waals surface area contributed by atoms with Crippen molar-refractivity contribution in [2.45, 2.75) is 32.6 Å². The Bertz CT molecular complexity index is 1190. The zero-order valence-corrected chi connectivity index (χ0v) is 15.9. The molecular weight excluding hydrogens is 354 g/mol. The highest BCUT2D eigenvalue weighted by molar-refractivity contribution is 5.98. The van der Waals surface area contributed by atoms with Crippen LogP contribution in [0.2, 0.25) is 0 Å². The third-order valence-electron chi connectivity index (χ3n) is 5.55. The number of benzene rings is 1. The fraction of sp³-hybridized carbons (Fsp3) is 0.333. The minimum Gasteiger partial charge on any atom is -0.464 e. The van der Waals surface area contributed by atoms with Crippen LogP contribution in [0, 0.1) is 13.8 Å². The molecule has 5 rings (SSSR count). The standard InChI is InChI=1S/C21H21N5O2/c1-13-11-28-19-6-5-15(9-17(13)19)20(27)25-7-3-4-16(10-25)18-8-14(2)24-21-22-12-23-26(18)21/h5-6,8-9,11-12,16H,3-4,7,10H2,1-2H3/t16-/m0/s1. The molecule has 1 amide bonds. The van der Waals surface area contributed by atoms with Gasteiger partial charge in [-0.15, -0.1) is 0 Å². The van der Waals surface area contributed by atoms with Crippen molar-refractivity contribution in [2.75, 3.05) is 13.1 Å². The molecule has 0 aliphatic carbocycles. The second-order valence-corrected chi connectivity index (χ2v) is 7.51. The minimum atomic E-state index is 0.0628. The Morgan fingerprint density at radius 3 is 3.04 bits per heavy atom. The Hall–Kier alpha value is -3.22. The molecule has 3 aromatic heterocycles. The number of nitrogens with zero attached hydrogens (tertiary/aromatic N) is 5. The van der Waals surface area contributed by atoms with Gasteiger partial charge in [0.1, 0.15) is 11.9 Å². The molecule has 0 spiro atoms. The summed E-state index contributed by atoms with van der Waals surface area (Å²) < 4.78 is 7.30. The van der Waals surface area contributed by atoms with Crippen LogP contribution >= 0.6 is 0 Å². The van der Waals surface area contributed by atoms with Crippen LogP contribution in [-0.2, 0) is 0 Å². The Morgan fingerprint density at radius 2 is 2.14 bits per heavy atom. The van der Waals surface area contributed by atoms with E-state index >= 15 is 0 Å². The average Bonchev–Trinajstić information content (AvgIpc) is 3.33. The summed E-state index contributed by atoms with van der Waals surface area (Å²) >= 11 is 0. The topological polar surface area (TPSA) is 76.5 Å². The molecule has 4 aromatic rings. The quantitative estimate of drug-likeness (QED) is 0.536. The third kappa shape index (κ3) is 2.74. The van der Waals surface area contributed by atoms with Crippen molar-refractivity contribution < 1.29 is 9.21 Å². The predicted molar refractivity (Wildman–Crippen MR) is 104 cm³/mol. The first-order valence-electron chi connectivity index (χ1n) is 9.54. The fourth-order valence-electron chi connectivity index (χ4n) is 4.12. The van der Waals surface area contributed by atoms with Crippen molar-refractivity contribution in [3.8, 4) is 0 Å². The number of carbonyl (C=O) groups is 1. The number of piperidine rings is 1. The molecule has 28 heavy (non-hydrogen) atoms. The van der Waals surface area contributed by atoms with Crippen LogP contribution in [-0.4, -0.2) is 43.5 Å². The molecule has 1 aliphatic heterocycles. The number of aromatic nitrogens is 4. The molecule has 142 valence electrons. The Kier molecular flexibility index (Phi) is 3.89. The SMILES string of the molecule is Cc1cc([C@H]2CCCN(C(=O)c3ccc4occ(C)c4c3)C2)n2ncnc2n1. The van der Waals surface area contributed by atoms with Crippen molar-refractivity contribution >= 4 is 22.7 Å². The normalized spacial score (nSPS) is 17.5. The second-order valence-electron chi connectivity index (χ2n) is 7.51. The van der Waals surface area contributed by atoms with Crippen molar-refractivity contribution in [3.05, 3.63) is 59.4 Å². The maximum absolute atomic E-state index is 13.2. The lowest BCUT2D eigenvalue weighted by molar-refractivity contribution is 0.0705. The number of hydrogen-bond donors (Lipinski definition) is 0. The summed E-state index contributed by atoms with van der Waals surface area (Å²) in [4.78, 5) is 23.8. The number of furan rings is 1. The van der Waals surface area contributed by atoms with Gasteiger partial charge in [0, 0.05) is 35.7 Å². The Labute approximate surface area is 162 Å². The van der Waals surface area contributed by atoms with Crippen LogP contribution < -0.4 is 0 Å². The van der Waals surface area contributed by atoms with Crippen LogP contribution in [0.15, 0.2) is 41.3 Å². The van der Waals surface area contributed by atoms with Gasteiger partial charge >= 0.3 is 0 Å². The van der Waals surface area contributed by atoms with Gasteiger partial charge in [0.2, 0.25) is 0 Å². The van der Waals surface area contributed by atoms with Gasteiger partial charge in [-0.3, -0.25) is 4.79 Å². The van der Waals surface area contributed by atoms with Gasteiger partial charge in [-0.2, -0.15) is 10.1 Å². The van der Waals surface area contributed by atoms with Crippen LogP contribution in [0.4, 0.5) is 0 Å². The molecule has 0 bridgehead atoms. The Morgan fingerprint density at radius 1 is 1.25 bits per heavy atom. The van der Waals surface area contributed by atoms with Gasteiger partial charge in [0.15, 0.2) is 0 Å². The summed E-state index contributed by atoms with van der Waals surface area (Å²) in [5.74, 6) is 0.884. The Balaban J connectivity index is 1.45. The smallest absolute Gasteiger partial charge is 0.253 e. The van der Waals surface area contributed by atoms with Crippen molar-refractivity contribution in [3.63, 3.8) is 0 Å².